The van der Waals surface area contributed by atoms with Crippen LogP contribution in [0.2, 0.25) is 0 Å². The van der Waals surface area contributed by atoms with E-state index in [1.165, 1.54) is 17.0 Å². The molecule has 2 N–H and O–H groups in total. The third-order valence-electron chi connectivity index (χ3n) is 6.63. The Bertz CT molecular complexity index is 1250. The average molecular weight is 462 g/mol. The number of pyridine rings is 1. The van der Waals surface area contributed by atoms with Crippen LogP contribution < -0.4 is 20.4 Å². The van der Waals surface area contributed by atoms with Crippen LogP contribution in [0, 0.1) is 12.7 Å². The second-order valence-electron chi connectivity index (χ2n) is 9.11. The highest BCUT2D eigenvalue weighted by Crippen LogP contribution is 2.32. The number of hydrogen-bond donors (Lipinski definition) is 2. The molecule has 5 rings (SSSR count). The molecule has 2 aliphatic rings. The van der Waals surface area contributed by atoms with Crippen LogP contribution in [0.5, 0.6) is 0 Å². The molecule has 0 bridgehead atoms. The van der Waals surface area contributed by atoms with Crippen LogP contribution in [-0.2, 0) is 0 Å². The monoisotopic (exact) mass is 461 g/mol. The molecule has 0 aliphatic carbocycles. The van der Waals surface area contributed by atoms with Crippen molar-refractivity contribution in [3.63, 3.8) is 0 Å². The number of carbonyl (C=O) groups is 2. The number of hydrogen-bond acceptors (Lipinski definition) is 4. The summed E-state index contributed by atoms with van der Waals surface area (Å²) in [5.41, 5.74) is 1.41. The summed E-state index contributed by atoms with van der Waals surface area (Å²) in [6, 6.07) is 11.8. The number of benzene rings is 2. The predicted molar refractivity (Wildman–Crippen MR) is 131 cm³/mol. The van der Waals surface area contributed by atoms with Crippen LogP contribution in [0.25, 0.3) is 10.8 Å². The molecule has 176 valence electrons. The first-order chi connectivity index (χ1) is 16.4. The number of rotatable bonds is 4. The van der Waals surface area contributed by atoms with Gasteiger partial charge in [-0.1, -0.05) is 18.2 Å². The highest BCUT2D eigenvalue weighted by molar-refractivity contribution is 6.11. The molecule has 2 fully saturated rings. The van der Waals surface area contributed by atoms with Gasteiger partial charge in [0, 0.05) is 36.4 Å². The van der Waals surface area contributed by atoms with Crippen LogP contribution in [0.15, 0.2) is 48.7 Å². The molecule has 0 radical (unpaired) electrons. The Hall–Kier alpha value is -3.52. The average Bonchev–Trinajstić information content (AvgIpc) is 3.18. The van der Waals surface area contributed by atoms with E-state index >= 15 is 4.39 Å². The number of aromatic nitrogens is 1. The summed E-state index contributed by atoms with van der Waals surface area (Å²) in [6.45, 7) is 5.83. The Morgan fingerprint density at radius 1 is 1.24 bits per heavy atom. The molecule has 2 aromatic carbocycles. The summed E-state index contributed by atoms with van der Waals surface area (Å²) in [6.07, 6.45) is 3.41. The molecule has 3 amide bonds. The van der Waals surface area contributed by atoms with Gasteiger partial charge in [-0.2, -0.15) is 0 Å². The van der Waals surface area contributed by atoms with Crippen LogP contribution in [0.4, 0.5) is 20.7 Å². The largest absolute Gasteiger partial charge is 0.333 e. The van der Waals surface area contributed by atoms with Gasteiger partial charge in [0.15, 0.2) is 0 Å². The molecule has 34 heavy (non-hydrogen) atoms. The highest BCUT2D eigenvalue weighted by atomic mass is 19.1. The number of piperidine rings is 1. The summed E-state index contributed by atoms with van der Waals surface area (Å²) < 4.78 is 15.4. The Labute approximate surface area is 198 Å². The van der Waals surface area contributed by atoms with Gasteiger partial charge >= 0.3 is 6.03 Å². The Balaban J connectivity index is 1.57. The zero-order valence-electron chi connectivity index (χ0n) is 19.3. The lowest BCUT2D eigenvalue weighted by atomic mass is 10.0. The molecule has 0 saturated carbocycles. The Morgan fingerprint density at radius 2 is 2.09 bits per heavy atom. The second-order valence-corrected chi connectivity index (χ2v) is 9.11. The highest BCUT2D eigenvalue weighted by Gasteiger charge is 2.33. The lowest BCUT2D eigenvalue weighted by Gasteiger charge is -2.35. The van der Waals surface area contributed by atoms with Crippen LogP contribution in [0.3, 0.4) is 0 Å². The third-order valence-corrected chi connectivity index (χ3v) is 6.63. The molecule has 3 heterocycles. The van der Waals surface area contributed by atoms with E-state index in [0.29, 0.717) is 24.6 Å². The minimum atomic E-state index is -0.652. The number of fused-ring (bicyclic) bond motifs is 1. The SMILES string of the molecule is Cc1cccc2ccnc(N(C(=O)c3ccc(N4C[C@@H](C)NC4=O)cc3F)[C@@H]3CCCNC3)c12. The van der Waals surface area contributed by atoms with E-state index in [1.807, 2.05) is 38.1 Å². The van der Waals surface area contributed by atoms with E-state index in [-0.39, 0.29) is 23.7 Å². The lowest BCUT2D eigenvalue weighted by Crippen LogP contribution is -2.49. The van der Waals surface area contributed by atoms with Gasteiger partial charge in [0.1, 0.15) is 11.6 Å². The van der Waals surface area contributed by atoms with Crippen molar-refractivity contribution in [2.24, 2.45) is 0 Å². The van der Waals surface area contributed by atoms with E-state index in [4.69, 9.17) is 0 Å². The molecule has 2 aliphatic heterocycles. The van der Waals surface area contributed by atoms with Gasteiger partial charge in [-0.3, -0.25) is 14.6 Å². The van der Waals surface area contributed by atoms with Crippen molar-refractivity contribution in [2.45, 2.75) is 38.8 Å². The number of aryl methyl sites for hydroxylation is 1. The maximum Gasteiger partial charge on any atom is 0.322 e. The minimum Gasteiger partial charge on any atom is -0.333 e. The van der Waals surface area contributed by atoms with Crippen molar-refractivity contribution >= 4 is 34.2 Å². The van der Waals surface area contributed by atoms with Crippen molar-refractivity contribution in [1.82, 2.24) is 15.6 Å². The summed E-state index contributed by atoms with van der Waals surface area (Å²) >= 11 is 0. The second kappa shape index (κ2) is 9.02. The summed E-state index contributed by atoms with van der Waals surface area (Å²) in [5, 5.41) is 8.03. The third kappa shape index (κ3) is 3.98. The van der Waals surface area contributed by atoms with Crippen LogP contribution >= 0.6 is 0 Å². The van der Waals surface area contributed by atoms with Gasteiger partial charge in [0.2, 0.25) is 0 Å². The first kappa shape index (κ1) is 22.3. The van der Waals surface area contributed by atoms with Crippen molar-refractivity contribution in [3.05, 3.63) is 65.6 Å². The normalized spacial score (nSPS) is 20.4. The van der Waals surface area contributed by atoms with E-state index in [1.54, 1.807) is 17.2 Å². The van der Waals surface area contributed by atoms with Gasteiger partial charge in [-0.25, -0.2) is 14.2 Å². The predicted octanol–water partition coefficient (Wildman–Crippen LogP) is 4.00. The molecule has 7 nitrogen and oxygen atoms in total. The quantitative estimate of drug-likeness (QED) is 0.616. The smallest absolute Gasteiger partial charge is 0.322 e. The fourth-order valence-electron chi connectivity index (χ4n) is 4.95. The number of anilines is 2. The number of nitrogens with one attached hydrogen (secondary N) is 2. The van der Waals surface area contributed by atoms with E-state index in [0.717, 1.165) is 35.7 Å². The number of halogens is 1. The first-order valence-corrected chi connectivity index (χ1v) is 11.7. The number of carbonyl (C=O) groups excluding carboxylic acids is 2. The lowest BCUT2D eigenvalue weighted by molar-refractivity contribution is 0.0968. The summed E-state index contributed by atoms with van der Waals surface area (Å²) in [5.74, 6) is -0.536. The van der Waals surface area contributed by atoms with Crippen molar-refractivity contribution in [1.29, 1.82) is 0 Å². The van der Waals surface area contributed by atoms with Crippen molar-refractivity contribution in [2.75, 3.05) is 29.4 Å². The molecule has 1 aromatic heterocycles. The van der Waals surface area contributed by atoms with Crippen LogP contribution in [0.1, 0.15) is 35.7 Å². The summed E-state index contributed by atoms with van der Waals surface area (Å²) in [7, 11) is 0. The summed E-state index contributed by atoms with van der Waals surface area (Å²) in [4.78, 5) is 33.8. The number of nitrogens with zero attached hydrogens (tertiary/aromatic N) is 3. The molecule has 2 saturated heterocycles. The van der Waals surface area contributed by atoms with Crippen LogP contribution in [-0.4, -0.2) is 48.6 Å². The van der Waals surface area contributed by atoms with Gasteiger partial charge in [0.05, 0.1) is 11.6 Å². The van der Waals surface area contributed by atoms with Gasteiger partial charge in [-0.05, 0) is 68.4 Å². The van der Waals surface area contributed by atoms with E-state index in [9.17, 15) is 9.59 Å². The fourth-order valence-corrected chi connectivity index (χ4v) is 4.95. The van der Waals surface area contributed by atoms with Crippen molar-refractivity contribution in [3.8, 4) is 0 Å². The Kier molecular flexibility index (Phi) is 5.91. The standard InChI is InChI=1S/C26H28FN5O2/c1-16-5-3-6-18-10-12-29-24(23(16)18)32(20-7-4-11-28-14-20)25(33)21-9-8-19(13-22(21)27)31-15-17(2)30-26(31)34/h3,5-6,8-10,12-13,17,20,28H,4,7,11,14-15H2,1-2H3,(H,30,34)/t17-,20-/m1/s1. The zero-order chi connectivity index (χ0) is 23.8. The molecule has 0 unspecified atom stereocenters. The molecular weight excluding hydrogens is 433 g/mol. The van der Waals surface area contributed by atoms with Gasteiger partial charge < -0.3 is 10.6 Å². The van der Waals surface area contributed by atoms with E-state index in [2.05, 4.69) is 15.6 Å². The molecule has 3 aromatic rings. The topological polar surface area (TPSA) is 77.6 Å². The number of urea groups is 1. The zero-order valence-corrected chi connectivity index (χ0v) is 19.3. The van der Waals surface area contributed by atoms with E-state index < -0.39 is 11.7 Å². The Morgan fingerprint density at radius 3 is 2.79 bits per heavy atom. The van der Waals surface area contributed by atoms with Gasteiger partial charge in [-0.15, -0.1) is 0 Å². The molecule has 2 atom stereocenters. The maximum atomic E-state index is 15.4. The minimum absolute atomic E-state index is 0.0214. The fraction of sp³-hybridized carbons (Fsp3) is 0.346. The molecule has 8 heteroatoms. The first-order valence-electron chi connectivity index (χ1n) is 11.7. The maximum absolute atomic E-state index is 15.4. The number of amides is 3. The molecular formula is C26H28FN5O2. The van der Waals surface area contributed by atoms with Crippen molar-refractivity contribution < 1.29 is 14.0 Å². The van der Waals surface area contributed by atoms with Gasteiger partial charge in [0.25, 0.3) is 5.91 Å². The molecule has 0 spiro atoms.